The van der Waals surface area contributed by atoms with E-state index in [1.54, 1.807) is 11.3 Å². The van der Waals surface area contributed by atoms with Crippen LogP contribution in [-0.4, -0.2) is 16.5 Å². The summed E-state index contributed by atoms with van der Waals surface area (Å²) < 4.78 is 0. The minimum Gasteiger partial charge on any atom is -0.359 e. The molecule has 0 aliphatic heterocycles. The van der Waals surface area contributed by atoms with Gasteiger partial charge in [0.25, 0.3) is 0 Å². The van der Waals surface area contributed by atoms with Crippen LogP contribution >= 0.6 is 11.3 Å². The third-order valence-corrected chi connectivity index (χ3v) is 3.67. The first-order valence-electron chi connectivity index (χ1n) is 5.43. The number of hydrogen-bond acceptors (Lipinski definition) is 3. The van der Waals surface area contributed by atoms with Gasteiger partial charge in [-0.2, -0.15) is 0 Å². The van der Waals surface area contributed by atoms with E-state index >= 15 is 0 Å². The van der Waals surface area contributed by atoms with Crippen LogP contribution in [0.3, 0.4) is 0 Å². The molecule has 0 saturated carbocycles. The summed E-state index contributed by atoms with van der Waals surface area (Å²) in [6.07, 6.45) is 2.88. The summed E-state index contributed by atoms with van der Waals surface area (Å²) in [6, 6.07) is 4.03. The average molecular weight is 235 g/mol. The lowest BCUT2D eigenvalue weighted by molar-refractivity contribution is 0.476. The lowest BCUT2D eigenvalue weighted by Crippen LogP contribution is -2.22. The third kappa shape index (κ3) is 2.18. The molecule has 3 nitrogen and oxygen atoms in total. The Morgan fingerprint density at radius 1 is 1.50 bits per heavy atom. The van der Waals surface area contributed by atoms with Crippen LogP contribution in [-0.2, 0) is 5.41 Å². The molecule has 0 bridgehead atoms. The van der Waals surface area contributed by atoms with Gasteiger partial charge in [0.15, 0.2) is 0 Å². The van der Waals surface area contributed by atoms with Gasteiger partial charge in [-0.1, -0.05) is 13.8 Å². The quantitative estimate of drug-likeness (QED) is 0.856. The van der Waals surface area contributed by atoms with Gasteiger partial charge in [-0.15, -0.1) is 11.3 Å². The topological polar surface area (TPSA) is 54.7 Å². The van der Waals surface area contributed by atoms with E-state index in [0.29, 0.717) is 6.54 Å². The van der Waals surface area contributed by atoms with Crippen LogP contribution in [0.25, 0.3) is 10.7 Å². The van der Waals surface area contributed by atoms with Crippen molar-refractivity contribution in [2.24, 2.45) is 5.73 Å². The molecular formula is C12H17N3S. The van der Waals surface area contributed by atoms with Gasteiger partial charge < -0.3 is 10.7 Å². The maximum Gasteiger partial charge on any atom is 0.139 e. The van der Waals surface area contributed by atoms with E-state index in [-0.39, 0.29) is 5.41 Å². The van der Waals surface area contributed by atoms with Gasteiger partial charge >= 0.3 is 0 Å². The van der Waals surface area contributed by atoms with Crippen LogP contribution in [0, 0.1) is 0 Å². The second-order valence-corrected chi connectivity index (χ2v) is 5.40. The molecule has 0 unspecified atom stereocenters. The molecule has 0 aliphatic rings. The maximum absolute atomic E-state index is 5.62. The van der Waals surface area contributed by atoms with Gasteiger partial charge in [0.1, 0.15) is 5.01 Å². The maximum atomic E-state index is 5.62. The third-order valence-electron chi connectivity index (χ3n) is 2.80. The van der Waals surface area contributed by atoms with E-state index in [1.165, 1.54) is 0 Å². The van der Waals surface area contributed by atoms with E-state index in [4.69, 9.17) is 5.73 Å². The molecule has 0 amide bonds. The molecule has 0 spiro atoms. The molecule has 2 heterocycles. The van der Waals surface area contributed by atoms with Gasteiger partial charge in [-0.3, -0.25) is 0 Å². The second-order valence-electron chi connectivity index (χ2n) is 4.54. The average Bonchev–Trinajstić information content (AvgIpc) is 2.89. The number of aromatic amines is 1. The predicted molar refractivity (Wildman–Crippen MR) is 68.6 cm³/mol. The van der Waals surface area contributed by atoms with Crippen molar-refractivity contribution in [2.75, 3.05) is 6.54 Å². The van der Waals surface area contributed by atoms with Crippen molar-refractivity contribution in [2.45, 2.75) is 25.7 Å². The summed E-state index contributed by atoms with van der Waals surface area (Å²) >= 11 is 1.68. The SMILES string of the molecule is CC(C)(CCN)c1csc(-c2ccc[nH]2)n1. The number of hydrogen-bond donors (Lipinski definition) is 2. The van der Waals surface area contributed by atoms with Crippen LogP contribution in [0.2, 0.25) is 0 Å². The van der Waals surface area contributed by atoms with Crippen molar-refractivity contribution < 1.29 is 0 Å². The highest BCUT2D eigenvalue weighted by molar-refractivity contribution is 7.13. The summed E-state index contributed by atoms with van der Waals surface area (Å²) in [5.41, 5.74) is 7.90. The lowest BCUT2D eigenvalue weighted by atomic mass is 9.86. The first kappa shape index (κ1) is 11.4. The highest BCUT2D eigenvalue weighted by atomic mass is 32.1. The van der Waals surface area contributed by atoms with E-state index in [9.17, 15) is 0 Å². The fourth-order valence-corrected chi connectivity index (χ4v) is 2.66. The Balaban J connectivity index is 2.26. The highest BCUT2D eigenvalue weighted by Crippen LogP contribution is 2.31. The zero-order chi connectivity index (χ0) is 11.6. The van der Waals surface area contributed by atoms with Crippen molar-refractivity contribution >= 4 is 11.3 Å². The fourth-order valence-electron chi connectivity index (χ4n) is 1.66. The molecule has 3 N–H and O–H groups in total. The monoisotopic (exact) mass is 235 g/mol. The minimum absolute atomic E-state index is 0.0656. The summed E-state index contributed by atoms with van der Waals surface area (Å²) in [4.78, 5) is 7.85. The number of aromatic nitrogens is 2. The van der Waals surface area contributed by atoms with Crippen LogP contribution < -0.4 is 5.73 Å². The molecule has 2 aromatic rings. The van der Waals surface area contributed by atoms with E-state index in [1.807, 2.05) is 18.3 Å². The van der Waals surface area contributed by atoms with Gasteiger partial charge in [0.05, 0.1) is 11.4 Å². The van der Waals surface area contributed by atoms with Crippen molar-refractivity contribution in [1.82, 2.24) is 9.97 Å². The van der Waals surface area contributed by atoms with Crippen molar-refractivity contribution in [1.29, 1.82) is 0 Å². The molecule has 0 atom stereocenters. The van der Waals surface area contributed by atoms with E-state index in [0.717, 1.165) is 22.8 Å². The lowest BCUT2D eigenvalue weighted by Gasteiger charge is -2.21. The number of nitrogens with one attached hydrogen (secondary N) is 1. The summed E-state index contributed by atoms with van der Waals surface area (Å²) in [7, 11) is 0. The van der Waals surface area contributed by atoms with Gasteiger partial charge in [-0.05, 0) is 25.1 Å². The Bertz CT molecular complexity index is 443. The van der Waals surface area contributed by atoms with E-state index < -0.39 is 0 Å². The number of thiazole rings is 1. The largest absolute Gasteiger partial charge is 0.359 e. The molecule has 0 saturated heterocycles. The van der Waals surface area contributed by atoms with Crippen LogP contribution in [0.4, 0.5) is 0 Å². The standard InChI is InChI=1S/C12H17N3S/c1-12(2,5-6-13)10-8-16-11(15-10)9-4-3-7-14-9/h3-4,7-8,14H,5-6,13H2,1-2H3. The Morgan fingerprint density at radius 3 is 2.94 bits per heavy atom. The number of H-pyrrole nitrogens is 1. The molecular weight excluding hydrogens is 218 g/mol. The molecule has 0 aromatic carbocycles. The molecule has 0 fully saturated rings. The van der Waals surface area contributed by atoms with Crippen LogP contribution in [0.1, 0.15) is 26.0 Å². The normalized spacial score (nSPS) is 11.9. The number of nitrogens with zero attached hydrogens (tertiary/aromatic N) is 1. The Morgan fingerprint density at radius 2 is 2.31 bits per heavy atom. The first-order valence-corrected chi connectivity index (χ1v) is 6.31. The first-order chi connectivity index (χ1) is 7.63. The Kier molecular flexibility index (Phi) is 3.12. The van der Waals surface area contributed by atoms with Crippen LogP contribution in [0.5, 0.6) is 0 Å². The Labute approximate surface area is 99.7 Å². The van der Waals surface area contributed by atoms with Crippen LogP contribution in [0.15, 0.2) is 23.7 Å². The molecule has 0 radical (unpaired) electrons. The van der Waals surface area contributed by atoms with Crippen molar-refractivity contribution in [3.05, 3.63) is 29.4 Å². The highest BCUT2D eigenvalue weighted by Gasteiger charge is 2.23. The second kappa shape index (κ2) is 4.39. The molecule has 86 valence electrons. The number of rotatable bonds is 4. The summed E-state index contributed by atoms with van der Waals surface area (Å²) in [6.45, 7) is 5.07. The van der Waals surface area contributed by atoms with Gasteiger partial charge in [0.2, 0.25) is 0 Å². The molecule has 0 aliphatic carbocycles. The number of nitrogens with two attached hydrogens (primary N) is 1. The predicted octanol–water partition coefficient (Wildman–Crippen LogP) is 2.76. The van der Waals surface area contributed by atoms with Gasteiger partial charge in [-0.25, -0.2) is 4.98 Å². The molecule has 16 heavy (non-hydrogen) atoms. The summed E-state index contributed by atoms with van der Waals surface area (Å²) in [5, 5.41) is 3.18. The van der Waals surface area contributed by atoms with Crippen molar-refractivity contribution in [3.8, 4) is 10.7 Å². The smallest absolute Gasteiger partial charge is 0.139 e. The zero-order valence-electron chi connectivity index (χ0n) is 9.66. The minimum atomic E-state index is 0.0656. The van der Waals surface area contributed by atoms with E-state index in [2.05, 4.69) is 29.2 Å². The molecule has 4 heteroatoms. The molecule has 2 rings (SSSR count). The molecule has 2 aromatic heterocycles. The van der Waals surface area contributed by atoms with Crippen molar-refractivity contribution in [3.63, 3.8) is 0 Å². The zero-order valence-corrected chi connectivity index (χ0v) is 10.5. The summed E-state index contributed by atoms with van der Waals surface area (Å²) in [5.74, 6) is 0. The Hall–Kier alpha value is -1.13. The van der Waals surface area contributed by atoms with Gasteiger partial charge in [0, 0.05) is 17.0 Å². The fraction of sp³-hybridized carbons (Fsp3) is 0.417.